The molecule has 0 saturated heterocycles. The van der Waals surface area contributed by atoms with Gasteiger partial charge in [0.15, 0.2) is 5.82 Å². The lowest BCUT2D eigenvalue weighted by atomic mass is 10.5. The van der Waals surface area contributed by atoms with Gasteiger partial charge in [-0.25, -0.2) is 9.37 Å². The predicted molar refractivity (Wildman–Crippen MR) is 45.1 cm³/mol. The second-order valence-corrected chi connectivity index (χ2v) is 2.54. The van der Waals surface area contributed by atoms with E-state index in [0.717, 1.165) is 0 Å². The molecule has 1 aromatic rings. The van der Waals surface area contributed by atoms with Gasteiger partial charge in [-0.15, -0.1) is 0 Å². The summed E-state index contributed by atoms with van der Waals surface area (Å²) in [5, 5.41) is 10.0. The number of nitro groups is 1. The summed E-state index contributed by atoms with van der Waals surface area (Å²) in [6, 6.07) is 0. The third-order valence-corrected chi connectivity index (χ3v) is 1.61. The van der Waals surface area contributed by atoms with Crippen LogP contribution in [0.5, 0.6) is 5.88 Å². The van der Waals surface area contributed by atoms with Crippen molar-refractivity contribution in [3.63, 3.8) is 0 Å². The predicted octanol–water partition coefficient (Wildman–Crippen LogP) is 1.52. The Balaban J connectivity index is 3.34. The molecule has 6 nitrogen and oxygen atoms in total. The summed E-state index contributed by atoms with van der Waals surface area (Å²) in [7, 11) is 1.17. The highest BCUT2D eigenvalue weighted by atomic mass is 35.5. The van der Waals surface area contributed by atoms with E-state index in [0.29, 0.717) is 0 Å². The Kier molecular flexibility index (Phi) is 3.13. The number of alkyl halides is 1. The van der Waals surface area contributed by atoms with Gasteiger partial charge >= 0.3 is 5.69 Å². The van der Waals surface area contributed by atoms with Crippen LogP contribution in [0.15, 0.2) is 0 Å². The summed E-state index contributed by atoms with van der Waals surface area (Å²) in [6.45, 7) is -0.964. The van der Waals surface area contributed by atoms with Gasteiger partial charge < -0.3 is 4.74 Å². The van der Waals surface area contributed by atoms with Crippen molar-refractivity contribution >= 4 is 17.3 Å². The van der Waals surface area contributed by atoms with E-state index >= 15 is 0 Å². The average Bonchev–Trinajstić information content (AvgIpc) is 2.15. The minimum atomic E-state index is -0.964. The van der Waals surface area contributed by atoms with Crippen LogP contribution in [-0.4, -0.2) is 22.0 Å². The molecule has 0 bridgehead atoms. The van der Waals surface area contributed by atoms with Crippen LogP contribution in [0.4, 0.5) is 10.1 Å². The molecular formula is C6H5ClFN3O3. The minimum absolute atomic E-state index is 0.252. The van der Waals surface area contributed by atoms with Crippen LogP contribution in [0.3, 0.4) is 0 Å². The van der Waals surface area contributed by atoms with Crippen molar-refractivity contribution in [2.45, 2.75) is 6.67 Å². The van der Waals surface area contributed by atoms with E-state index in [4.69, 9.17) is 11.6 Å². The number of hydrogen-bond acceptors (Lipinski definition) is 5. The molecule has 0 amide bonds. The minimum Gasteiger partial charge on any atom is -0.476 e. The van der Waals surface area contributed by atoms with E-state index in [1.165, 1.54) is 7.11 Å². The molecule has 1 heterocycles. The molecule has 14 heavy (non-hydrogen) atoms. The van der Waals surface area contributed by atoms with Gasteiger partial charge in [-0.1, -0.05) is 11.6 Å². The highest BCUT2D eigenvalue weighted by Crippen LogP contribution is 2.30. The molecule has 0 unspecified atom stereocenters. The molecule has 8 heteroatoms. The zero-order valence-electron chi connectivity index (χ0n) is 7.03. The lowest BCUT2D eigenvalue weighted by Gasteiger charge is -2.02. The monoisotopic (exact) mass is 221 g/mol. The summed E-state index contributed by atoms with van der Waals surface area (Å²) in [5.41, 5.74) is -0.564. The SMILES string of the molecule is COc1nc(CF)nc(Cl)c1[N+](=O)[O-]. The molecule has 1 rings (SSSR count). The second-order valence-electron chi connectivity index (χ2n) is 2.18. The fraction of sp³-hybridized carbons (Fsp3) is 0.333. The van der Waals surface area contributed by atoms with Crippen LogP contribution in [0.1, 0.15) is 5.82 Å². The summed E-state index contributed by atoms with van der Waals surface area (Å²) < 4.78 is 16.7. The number of methoxy groups -OCH3 is 1. The Bertz CT molecular complexity index is 374. The number of nitrogens with zero attached hydrogens (tertiary/aromatic N) is 3. The average molecular weight is 222 g/mol. The van der Waals surface area contributed by atoms with Crippen LogP contribution >= 0.6 is 11.6 Å². The molecule has 0 atom stereocenters. The molecule has 0 spiro atoms. The third-order valence-electron chi connectivity index (χ3n) is 1.35. The van der Waals surface area contributed by atoms with Gasteiger partial charge in [-0.05, 0) is 0 Å². The van der Waals surface area contributed by atoms with Crippen LogP contribution < -0.4 is 4.74 Å². The van der Waals surface area contributed by atoms with Gasteiger partial charge in [-0.3, -0.25) is 10.1 Å². The first-order valence-electron chi connectivity index (χ1n) is 3.41. The third kappa shape index (κ3) is 1.87. The summed E-state index contributed by atoms with van der Waals surface area (Å²) in [6.07, 6.45) is 0. The molecule has 0 saturated carbocycles. The molecule has 0 aliphatic rings. The first kappa shape index (κ1) is 10.6. The first-order valence-corrected chi connectivity index (χ1v) is 3.78. The van der Waals surface area contributed by atoms with E-state index < -0.39 is 22.4 Å². The maximum Gasteiger partial charge on any atom is 0.367 e. The highest BCUT2D eigenvalue weighted by molar-refractivity contribution is 6.31. The smallest absolute Gasteiger partial charge is 0.367 e. The fourth-order valence-corrected chi connectivity index (χ4v) is 1.05. The topological polar surface area (TPSA) is 78.2 Å². The quantitative estimate of drug-likeness (QED) is 0.439. The van der Waals surface area contributed by atoms with Gasteiger partial charge in [0.1, 0.15) is 6.67 Å². The van der Waals surface area contributed by atoms with Crippen LogP contribution in [-0.2, 0) is 6.67 Å². The molecular weight excluding hydrogens is 217 g/mol. The molecule has 76 valence electrons. The lowest BCUT2D eigenvalue weighted by Crippen LogP contribution is -2.02. The largest absolute Gasteiger partial charge is 0.476 e. The van der Waals surface area contributed by atoms with Crippen molar-refractivity contribution in [1.82, 2.24) is 9.97 Å². The molecule has 1 aromatic heterocycles. The van der Waals surface area contributed by atoms with Crippen molar-refractivity contribution in [1.29, 1.82) is 0 Å². The van der Waals surface area contributed by atoms with E-state index in [2.05, 4.69) is 14.7 Å². The molecule has 0 radical (unpaired) electrons. The number of ether oxygens (including phenoxy) is 1. The number of rotatable bonds is 3. The first-order chi connectivity index (χ1) is 6.60. The molecule has 0 fully saturated rings. The Labute approximate surface area is 82.8 Å². The normalized spacial score (nSPS) is 9.93. The summed E-state index contributed by atoms with van der Waals surface area (Å²) >= 11 is 5.45. The van der Waals surface area contributed by atoms with E-state index in [-0.39, 0.29) is 11.7 Å². The van der Waals surface area contributed by atoms with Crippen LogP contribution in [0, 0.1) is 10.1 Å². The van der Waals surface area contributed by atoms with Gasteiger partial charge in [-0.2, -0.15) is 4.98 Å². The Morgan fingerprint density at radius 3 is 2.71 bits per heavy atom. The van der Waals surface area contributed by atoms with Crippen molar-refractivity contribution in [3.05, 3.63) is 21.1 Å². The van der Waals surface area contributed by atoms with E-state index in [9.17, 15) is 14.5 Å². The summed E-state index contributed by atoms with van der Waals surface area (Å²) in [4.78, 5) is 16.5. The van der Waals surface area contributed by atoms with Crippen molar-refractivity contribution in [3.8, 4) is 5.88 Å². The Hall–Kier alpha value is -1.50. The van der Waals surface area contributed by atoms with Crippen molar-refractivity contribution < 1.29 is 14.1 Å². The van der Waals surface area contributed by atoms with E-state index in [1.807, 2.05) is 0 Å². The number of hydrogen-bond donors (Lipinski definition) is 0. The standard InChI is InChI=1S/C6H5ClFN3O3/c1-14-6-4(11(12)13)5(7)9-3(2-8)10-6/h2H2,1H3. The van der Waals surface area contributed by atoms with E-state index in [1.54, 1.807) is 0 Å². The Morgan fingerprint density at radius 1 is 1.64 bits per heavy atom. The maximum atomic E-state index is 12.1. The van der Waals surface area contributed by atoms with Crippen molar-refractivity contribution in [2.24, 2.45) is 0 Å². The van der Waals surface area contributed by atoms with Crippen LogP contribution in [0.25, 0.3) is 0 Å². The maximum absolute atomic E-state index is 12.1. The molecule has 0 N–H and O–H groups in total. The molecule has 0 aliphatic heterocycles. The molecule has 0 aliphatic carbocycles. The van der Waals surface area contributed by atoms with Crippen LogP contribution in [0.2, 0.25) is 5.15 Å². The van der Waals surface area contributed by atoms with Gasteiger partial charge in [0.25, 0.3) is 5.88 Å². The molecule has 0 aromatic carbocycles. The van der Waals surface area contributed by atoms with Crippen molar-refractivity contribution in [2.75, 3.05) is 7.11 Å². The highest BCUT2D eigenvalue weighted by Gasteiger charge is 2.24. The lowest BCUT2D eigenvalue weighted by molar-refractivity contribution is -0.386. The number of halogens is 2. The van der Waals surface area contributed by atoms with Gasteiger partial charge in [0.05, 0.1) is 12.0 Å². The van der Waals surface area contributed by atoms with Gasteiger partial charge in [0, 0.05) is 0 Å². The zero-order valence-corrected chi connectivity index (χ0v) is 7.79. The second kappa shape index (κ2) is 4.14. The fourth-order valence-electron chi connectivity index (χ4n) is 0.805. The van der Waals surface area contributed by atoms with Gasteiger partial charge in [0.2, 0.25) is 5.15 Å². The number of aromatic nitrogens is 2. The zero-order chi connectivity index (χ0) is 10.7. The Morgan fingerprint density at radius 2 is 2.29 bits per heavy atom. The summed E-state index contributed by atoms with van der Waals surface area (Å²) in [5.74, 6) is -0.597.